The van der Waals surface area contributed by atoms with E-state index in [2.05, 4.69) is 20.8 Å². The van der Waals surface area contributed by atoms with E-state index in [1.807, 2.05) is 6.08 Å². The quantitative estimate of drug-likeness (QED) is 0.703. The zero-order chi connectivity index (χ0) is 17.1. The van der Waals surface area contributed by atoms with Gasteiger partial charge in [-0.1, -0.05) is 25.8 Å². The van der Waals surface area contributed by atoms with Crippen LogP contribution in [0.5, 0.6) is 0 Å². The van der Waals surface area contributed by atoms with Gasteiger partial charge >= 0.3 is 5.97 Å². The van der Waals surface area contributed by atoms with Gasteiger partial charge in [-0.05, 0) is 62.4 Å². The topological polar surface area (TPSA) is 43.4 Å². The molecule has 4 aliphatic rings. The number of carbonyl (C=O) groups is 2. The van der Waals surface area contributed by atoms with Gasteiger partial charge in [-0.3, -0.25) is 9.59 Å². The third-order valence-corrected chi connectivity index (χ3v) is 8.20. The highest BCUT2D eigenvalue weighted by atomic mass is 16.6. The molecule has 5 unspecified atom stereocenters. The van der Waals surface area contributed by atoms with Crippen molar-refractivity contribution in [2.75, 3.05) is 0 Å². The van der Waals surface area contributed by atoms with Crippen LogP contribution < -0.4 is 0 Å². The Kier molecular flexibility index (Phi) is 3.71. The van der Waals surface area contributed by atoms with E-state index in [0.29, 0.717) is 36.5 Å². The molecular weight excluding hydrogens is 300 g/mol. The van der Waals surface area contributed by atoms with E-state index in [0.717, 1.165) is 32.1 Å². The van der Waals surface area contributed by atoms with Gasteiger partial charge in [0.05, 0.1) is 6.42 Å². The van der Waals surface area contributed by atoms with Crippen LogP contribution in [-0.4, -0.2) is 17.4 Å². The van der Waals surface area contributed by atoms with Gasteiger partial charge in [0.2, 0.25) is 0 Å². The Labute approximate surface area is 145 Å². The molecule has 0 aromatic heterocycles. The van der Waals surface area contributed by atoms with E-state index < -0.39 is 0 Å². The second-order valence-corrected chi connectivity index (χ2v) is 8.94. The molecule has 0 aromatic carbocycles. The molecule has 3 nitrogen and oxygen atoms in total. The van der Waals surface area contributed by atoms with Gasteiger partial charge < -0.3 is 4.74 Å². The lowest BCUT2D eigenvalue weighted by Gasteiger charge is -2.53. The van der Waals surface area contributed by atoms with E-state index in [-0.39, 0.29) is 22.8 Å². The molecule has 3 heteroatoms. The number of ether oxygens (including phenoxy) is 1. The maximum atomic E-state index is 12.0. The Morgan fingerprint density at radius 2 is 1.96 bits per heavy atom. The molecule has 4 rings (SSSR count). The van der Waals surface area contributed by atoms with Gasteiger partial charge in [-0.2, -0.15) is 0 Å². The van der Waals surface area contributed by atoms with Gasteiger partial charge in [0.25, 0.3) is 0 Å². The first-order chi connectivity index (χ1) is 11.4. The van der Waals surface area contributed by atoms with Crippen LogP contribution in [0, 0.1) is 29.1 Å². The molecule has 1 spiro atoms. The third-order valence-electron chi connectivity index (χ3n) is 8.20. The van der Waals surface area contributed by atoms with Crippen LogP contribution in [0.4, 0.5) is 0 Å². The summed E-state index contributed by atoms with van der Waals surface area (Å²) >= 11 is 0. The van der Waals surface area contributed by atoms with Crippen molar-refractivity contribution >= 4 is 11.8 Å². The smallest absolute Gasteiger partial charge is 0.306 e. The zero-order valence-corrected chi connectivity index (χ0v) is 15.3. The fourth-order valence-electron chi connectivity index (χ4n) is 6.85. The number of rotatable bonds is 2. The number of carbonyl (C=O) groups excluding carboxylic acids is 2. The molecule has 3 fully saturated rings. The van der Waals surface area contributed by atoms with Crippen molar-refractivity contribution in [2.24, 2.45) is 29.1 Å². The Morgan fingerprint density at radius 3 is 2.67 bits per heavy atom. The predicted octanol–water partition coefficient (Wildman–Crippen LogP) is 4.45. The fraction of sp³-hybridized carbons (Fsp3) is 0.810. The van der Waals surface area contributed by atoms with Crippen LogP contribution in [0.15, 0.2) is 11.6 Å². The summed E-state index contributed by atoms with van der Waals surface area (Å²) in [6.45, 7) is 6.84. The van der Waals surface area contributed by atoms with Crippen LogP contribution in [0.1, 0.15) is 72.1 Å². The van der Waals surface area contributed by atoms with E-state index in [1.165, 1.54) is 12.0 Å². The fourth-order valence-corrected chi connectivity index (χ4v) is 6.85. The van der Waals surface area contributed by atoms with Crippen molar-refractivity contribution in [1.29, 1.82) is 0 Å². The Hall–Kier alpha value is -1.12. The number of allylic oxidation sites excluding steroid dienone is 2. The summed E-state index contributed by atoms with van der Waals surface area (Å²) in [5.41, 5.74) is 1.26. The molecule has 0 bridgehead atoms. The van der Waals surface area contributed by atoms with E-state index in [9.17, 15) is 9.59 Å². The minimum atomic E-state index is -0.146. The molecule has 2 saturated carbocycles. The minimum Gasteiger partial charge on any atom is -0.458 e. The number of ketones is 1. The average Bonchev–Trinajstić information content (AvgIpc) is 3.03. The number of esters is 1. The van der Waals surface area contributed by atoms with Crippen molar-refractivity contribution in [3.05, 3.63) is 11.6 Å². The summed E-state index contributed by atoms with van der Waals surface area (Å²) in [4.78, 5) is 23.8. The summed E-state index contributed by atoms with van der Waals surface area (Å²) in [5.74, 6) is 2.53. The van der Waals surface area contributed by atoms with Crippen LogP contribution >= 0.6 is 0 Å². The summed E-state index contributed by atoms with van der Waals surface area (Å²) in [7, 11) is 0. The van der Waals surface area contributed by atoms with Crippen LogP contribution in [-0.2, 0) is 14.3 Å². The molecule has 6 atom stereocenters. The largest absolute Gasteiger partial charge is 0.458 e. The molecule has 0 amide bonds. The number of hydrogen-bond acceptors (Lipinski definition) is 3. The maximum absolute atomic E-state index is 12.0. The average molecular weight is 330 g/mol. The van der Waals surface area contributed by atoms with E-state index >= 15 is 0 Å². The van der Waals surface area contributed by atoms with Crippen molar-refractivity contribution in [1.82, 2.24) is 0 Å². The zero-order valence-electron chi connectivity index (χ0n) is 15.3. The van der Waals surface area contributed by atoms with Gasteiger partial charge in [0.1, 0.15) is 5.60 Å². The lowest BCUT2D eigenvalue weighted by Crippen LogP contribution is -2.52. The second kappa shape index (κ2) is 5.44. The lowest BCUT2D eigenvalue weighted by molar-refractivity contribution is -0.165. The highest BCUT2D eigenvalue weighted by molar-refractivity contribution is 5.91. The maximum Gasteiger partial charge on any atom is 0.306 e. The van der Waals surface area contributed by atoms with Crippen molar-refractivity contribution in [3.63, 3.8) is 0 Å². The van der Waals surface area contributed by atoms with Gasteiger partial charge in [-0.15, -0.1) is 0 Å². The van der Waals surface area contributed by atoms with Crippen molar-refractivity contribution < 1.29 is 14.3 Å². The summed E-state index contributed by atoms with van der Waals surface area (Å²) in [6.07, 6.45) is 9.90. The minimum absolute atomic E-state index is 0.0311. The normalized spacial score (nSPS) is 47.9. The van der Waals surface area contributed by atoms with Crippen LogP contribution in [0.25, 0.3) is 0 Å². The van der Waals surface area contributed by atoms with Gasteiger partial charge in [0.15, 0.2) is 5.78 Å². The summed E-state index contributed by atoms with van der Waals surface area (Å²) in [5, 5.41) is 0. The molecule has 0 N–H and O–H groups in total. The third kappa shape index (κ3) is 2.09. The molecule has 132 valence electrons. The SMILES string of the molecule is CCC1C2CCC3CC(=O)OC32CC[C@@H]1C1(C)CCC(=O)C=C1C. The monoisotopic (exact) mass is 330 g/mol. The molecule has 1 saturated heterocycles. The first-order valence-corrected chi connectivity index (χ1v) is 9.84. The van der Waals surface area contributed by atoms with E-state index in [1.54, 1.807) is 0 Å². The number of hydrogen-bond donors (Lipinski definition) is 0. The Bertz CT molecular complexity index is 606. The lowest BCUT2D eigenvalue weighted by atomic mass is 9.53. The van der Waals surface area contributed by atoms with Gasteiger partial charge in [0, 0.05) is 18.3 Å². The molecule has 0 aromatic rings. The molecular formula is C21H30O3. The van der Waals surface area contributed by atoms with Crippen molar-refractivity contribution in [3.8, 4) is 0 Å². The molecule has 0 radical (unpaired) electrons. The van der Waals surface area contributed by atoms with E-state index in [4.69, 9.17) is 4.74 Å². The highest BCUT2D eigenvalue weighted by Crippen LogP contribution is 2.63. The summed E-state index contributed by atoms with van der Waals surface area (Å²) in [6, 6.07) is 0. The first-order valence-electron chi connectivity index (χ1n) is 9.84. The highest BCUT2D eigenvalue weighted by Gasteiger charge is 2.63. The molecule has 24 heavy (non-hydrogen) atoms. The first kappa shape index (κ1) is 16.4. The van der Waals surface area contributed by atoms with Crippen molar-refractivity contribution in [2.45, 2.75) is 77.7 Å². The molecule has 3 aliphatic carbocycles. The van der Waals surface area contributed by atoms with Gasteiger partial charge in [-0.25, -0.2) is 0 Å². The standard InChI is InChI=1S/C21H30O3/c1-4-16-17(20(3)9-7-15(22)11-13(20)2)8-10-21-14(5-6-18(16)21)12-19(23)24-21/h11,14,16-18H,4-10,12H2,1-3H3/t14?,16?,17-,18?,20?,21?/m0/s1. The Balaban J connectivity index is 1.67. The predicted molar refractivity (Wildman–Crippen MR) is 92.3 cm³/mol. The van der Waals surface area contributed by atoms with Crippen LogP contribution in [0.2, 0.25) is 0 Å². The molecule has 1 heterocycles. The second-order valence-electron chi connectivity index (χ2n) is 8.94. The molecule has 1 aliphatic heterocycles. The Morgan fingerprint density at radius 1 is 1.17 bits per heavy atom. The summed E-state index contributed by atoms with van der Waals surface area (Å²) < 4.78 is 6.01. The van der Waals surface area contributed by atoms with Crippen LogP contribution in [0.3, 0.4) is 0 Å².